The number of alkyl halides is 2. The molecule has 4 rings (SSSR count). The van der Waals surface area contributed by atoms with Crippen molar-refractivity contribution in [2.45, 2.75) is 44.4 Å². The summed E-state index contributed by atoms with van der Waals surface area (Å²) in [7, 11) is -0.193. The summed E-state index contributed by atoms with van der Waals surface area (Å²) in [6, 6.07) is 12.3. The van der Waals surface area contributed by atoms with Crippen LogP contribution in [0.2, 0.25) is 0 Å². The van der Waals surface area contributed by atoms with Crippen molar-refractivity contribution in [2.75, 3.05) is 17.4 Å². The first kappa shape index (κ1) is 21.8. The number of halogens is 2. The Kier molecular flexibility index (Phi) is 6.87. The lowest BCUT2D eigenvalue weighted by Gasteiger charge is -2.35. The van der Waals surface area contributed by atoms with Gasteiger partial charge in [-0.25, -0.2) is 8.78 Å². The van der Waals surface area contributed by atoms with Crippen LogP contribution in [0.4, 0.5) is 14.5 Å². The lowest BCUT2D eigenvalue weighted by Crippen LogP contribution is -2.33. The van der Waals surface area contributed by atoms with Crippen molar-refractivity contribution < 1.29 is 8.78 Å². The SMILES string of the molecule is C=S(C1CCNCC1)N(Cc1ccc(C2=NN=C(C(F)F)C2)cn1)c1cccc(C)c1. The molecule has 3 heterocycles. The first-order valence-corrected chi connectivity index (χ1v) is 11.9. The Morgan fingerprint density at radius 2 is 2.00 bits per heavy atom. The number of rotatable bonds is 7. The fourth-order valence-electron chi connectivity index (χ4n) is 3.82. The van der Waals surface area contributed by atoms with Crippen molar-refractivity contribution in [1.82, 2.24) is 10.3 Å². The van der Waals surface area contributed by atoms with Crippen molar-refractivity contribution in [3.63, 3.8) is 0 Å². The fourth-order valence-corrected chi connectivity index (χ4v) is 5.65. The molecule has 1 aromatic carbocycles. The van der Waals surface area contributed by atoms with E-state index < -0.39 is 6.43 Å². The molecule has 5 nitrogen and oxygen atoms in total. The third-order valence-corrected chi connectivity index (χ3v) is 7.75. The van der Waals surface area contributed by atoms with Crippen LogP contribution in [0.5, 0.6) is 0 Å². The summed E-state index contributed by atoms with van der Waals surface area (Å²) in [5.41, 5.74) is 4.36. The van der Waals surface area contributed by atoms with E-state index in [4.69, 9.17) is 0 Å². The average Bonchev–Trinajstić information content (AvgIpc) is 3.29. The molecule has 0 aliphatic carbocycles. The van der Waals surface area contributed by atoms with Gasteiger partial charge in [-0.05, 0) is 62.7 Å². The van der Waals surface area contributed by atoms with E-state index in [0.717, 1.165) is 42.9 Å². The van der Waals surface area contributed by atoms with Gasteiger partial charge in [0.1, 0.15) is 5.71 Å². The molecule has 2 aliphatic heterocycles. The summed E-state index contributed by atoms with van der Waals surface area (Å²) in [5, 5.41) is 11.5. The van der Waals surface area contributed by atoms with E-state index in [1.807, 2.05) is 12.1 Å². The average molecular weight is 444 g/mol. The second-order valence-corrected chi connectivity index (χ2v) is 9.79. The molecule has 1 aromatic heterocycles. The molecule has 31 heavy (non-hydrogen) atoms. The van der Waals surface area contributed by atoms with Crippen LogP contribution in [0, 0.1) is 6.92 Å². The van der Waals surface area contributed by atoms with Crippen molar-refractivity contribution in [3.05, 3.63) is 59.4 Å². The van der Waals surface area contributed by atoms with Crippen LogP contribution >= 0.6 is 10.7 Å². The topological polar surface area (TPSA) is 52.9 Å². The van der Waals surface area contributed by atoms with Crippen LogP contribution in [0.15, 0.2) is 52.8 Å². The third-order valence-electron chi connectivity index (χ3n) is 5.61. The molecule has 0 radical (unpaired) electrons. The summed E-state index contributed by atoms with van der Waals surface area (Å²) < 4.78 is 28.0. The minimum absolute atomic E-state index is 0.0756. The van der Waals surface area contributed by atoms with Gasteiger partial charge in [0, 0.05) is 29.1 Å². The van der Waals surface area contributed by atoms with Gasteiger partial charge < -0.3 is 9.62 Å². The van der Waals surface area contributed by atoms with Crippen molar-refractivity contribution in [2.24, 2.45) is 10.2 Å². The summed E-state index contributed by atoms with van der Waals surface area (Å²) in [6.45, 7) is 4.80. The maximum Gasteiger partial charge on any atom is 0.278 e. The highest BCUT2D eigenvalue weighted by molar-refractivity contribution is 8.15. The van der Waals surface area contributed by atoms with Gasteiger partial charge in [0.2, 0.25) is 0 Å². The molecule has 0 amide bonds. The van der Waals surface area contributed by atoms with Gasteiger partial charge in [-0.2, -0.15) is 10.2 Å². The van der Waals surface area contributed by atoms with Crippen molar-refractivity contribution in [3.8, 4) is 0 Å². The molecule has 8 heteroatoms. The third kappa shape index (κ3) is 5.25. The number of aryl methyl sites for hydroxylation is 1. The second kappa shape index (κ2) is 9.78. The Labute approximate surface area is 184 Å². The number of nitrogens with one attached hydrogen (secondary N) is 1. The smallest absolute Gasteiger partial charge is 0.278 e. The first-order chi connectivity index (χ1) is 15.0. The molecule has 0 saturated carbocycles. The van der Waals surface area contributed by atoms with Crippen LogP contribution < -0.4 is 9.62 Å². The Balaban J connectivity index is 1.52. The molecular weight excluding hydrogens is 416 g/mol. The number of benzene rings is 1. The monoisotopic (exact) mass is 443 g/mol. The Morgan fingerprint density at radius 3 is 2.65 bits per heavy atom. The van der Waals surface area contributed by atoms with Gasteiger partial charge in [0.15, 0.2) is 0 Å². The van der Waals surface area contributed by atoms with Crippen LogP contribution in [0.25, 0.3) is 0 Å². The number of hydrogen-bond acceptors (Lipinski definition) is 5. The van der Waals surface area contributed by atoms with Gasteiger partial charge in [0.05, 0.1) is 18.0 Å². The van der Waals surface area contributed by atoms with Gasteiger partial charge in [0.25, 0.3) is 6.43 Å². The molecule has 1 atom stereocenters. The second-order valence-electron chi connectivity index (χ2n) is 7.88. The molecule has 164 valence electrons. The number of nitrogens with zero attached hydrogens (tertiary/aromatic N) is 4. The van der Waals surface area contributed by atoms with Crippen LogP contribution in [-0.2, 0) is 6.54 Å². The van der Waals surface area contributed by atoms with Crippen LogP contribution in [-0.4, -0.2) is 47.0 Å². The Hall–Kier alpha value is -2.45. The largest absolute Gasteiger partial charge is 0.317 e. The highest BCUT2D eigenvalue weighted by Crippen LogP contribution is 2.36. The number of anilines is 1. The number of hydrogen-bond donors (Lipinski definition) is 1. The van der Waals surface area contributed by atoms with Gasteiger partial charge in [-0.1, -0.05) is 28.7 Å². The molecule has 2 aromatic rings. The number of aromatic nitrogens is 1. The standard InChI is InChI=1S/C23H27F2N5S/c1-16-4-3-5-19(12-16)30(31(2)20-8-10-26-11-9-20)15-18-7-6-17(14-27-18)21-13-22(23(24)25)29-28-21/h3-7,12,14,20,23,26H,2,8-11,13,15H2,1H3. The number of pyridine rings is 1. The van der Waals surface area contributed by atoms with Crippen molar-refractivity contribution in [1.29, 1.82) is 0 Å². The zero-order valence-electron chi connectivity index (χ0n) is 17.6. The van der Waals surface area contributed by atoms with E-state index in [2.05, 4.69) is 61.9 Å². The summed E-state index contributed by atoms with van der Waals surface area (Å²) in [6.07, 6.45) is 1.45. The maximum absolute atomic E-state index is 12.8. The molecule has 2 aliphatic rings. The predicted octanol–water partition coefficient (Wildman–Crippen LogP) is 4.58. The molecule has 0 spiro atoms. The highest BCUT2D eigenvalue weighted by atomic mass is 32.2. The zero-order chi connectivity index (χ0) is 21.8. The molecule has 1 unspecified atom stereocenters. The highest BCUT2D eigenvalue weighted by Gasteiger charge is 2.23. The molecule has 0 bridgehead atoms. The zero-order valence-corrected chi connectivity index (χ0v) is 18.4. The van der Waals surface area contributed by atoms with Crippen molar-refractivity contribution >= 4 is 33.7 Å². The Bertz CT molecular complexity index is 997. The normalized spacial score (nSPS) is 18.1. The minimum Gasteiger partial charge on any atom is -0.317 e. The van der Waals surface area contributed by atoms with Gasteiger partial charge in [-0.3, -0.25) is 4.98 Å². The molecular formula is C23H27F2N5S. The fraction of sp³-hybridized carbons (Fsp3) is 0.391. The minimum atomic E-state index is -2.57. The lowest BCUT2D eigenvalue weighted by molar-refractivity contribution is 0.224. The van der Waals surface area contributed by atoms with Gasteiger partial charge in [-0.15, -0.1) is 0 Å². The van der Waals surface area contributed by atoms with E-state index in [9.17, 15) is 8.78 Å². The summed E-state index contributed by atoms with van der Waals surface area (Å²) >= 11 is 0. The van der Waals surface area contributed by atoms with Crippen LogP contribution in [0.1, 0.15) is 36.1 Å². The number of piperidine rings is 1. The van der Waals surface area contributed by atoms with E-state index in [1.54, 1.807) is 6.20 Å². The van der Waals surface area contributed by atoms with E-state index in [0.29, 0.717) is 17.5 Å². The first-order valence-electron chi connectivity index (χ1n) is 10.5. The Morgan fingerprint density at radius 1 is 1.19 bits per heavy atom. The van der Waals surface area contributed by atoms with Gasteiger partial charge >= 0.3 is 0 Å². The molecule has 1 N–H and O–H groups in total. The summed E-state index contributed by atoms with van der Waals surface area (Å²) in [5.74, 6) is 4.56. The molecule has 1 fully saturated rings. The quantitative estimate of drug-likeness (QED) is 0.638. The molecule has 1 saturated heterocycles. The van der Waals surface area contributed by atoms with E-state index >= 15 is 0 Å². The lowest BCUT2D eigenvalue weighted by atomic mass is 10.1. The predicted molar refractivity (Wildman–Crippen MR) is 127 cm³/mol. The van der Waals surface area contributed by atoms with E-state index in [1.165, 1.54) is 5.56 Å². The van der Waals surface area contributed by atoms with E-state index in [-0.39, 0.29) is 22.8 Å². The van der Waals surface area contributed by atoms with Crippen LogP contribution in [0.3, 0.4) is 0 Å². The maximum atomic E-state index is 12.8. The summed E-state index contributed by atoms with van der Waals surface area (Å²) in [4.78, 5) is 4.61.